The van der Waals surface area contributed by atoms with E-state index in [1.807, 2.05) is 30.7 Å². The Bertz CT molecular complexity index is 895. The molecular weight excluding hydrogens is 363 g/mol. The molecule has 0 bridgehead atoms. The molecule has 0 spiro atoms. The van der Waals surface area contributed by atoms with Crippen molar-refractivity contribution < 1.29 is 0 Å². The number of hydrogen-bond acceptors (Lipinski definition) is 4. The summed E-state index contributed by atoms with van der Waals surface area (Å²) in [5.74, 6) is 1.65. The predicted octanol–water partition coefficient (Wildman–Crippen LogP) is 5.03. The highest BCUT2D eigenvalue weighted by Gasteiger charge is 2.23. The fourth-order valence-electron chi connectivity index (χ4n) is 2.99. The zero-order valence-electron chi connectivity index (χ0n) is 13.1. The molecule has 1 fully saturated rings. The number of imidazole rings is 1. The second-order valence-corrected chi connectivity index (χ2v) is 7.91. The van der Waals surface area contributed by atoms with Crippen LogP contribution >= 0.6 is 35.0 Å². The molecule has 1 aliphatic heterocycles. The van der Waals surface area contributed by atoms with Gasteiger partial charge in [0, 0.05) is 36.6 Å². The largest absolute Gasteiger partial charge is 0.342 e. The highest BCUT2D eigenvalue weighted by molar-refractivity contribution is 7.99. The molecule has 3 heterocycles. The van der Waals surface area contributed by atoms with Crippen molar-refractivity contribution in [2.24, 2.45) is 5.92 Å². The van der Waals surface area contributed by atoms with Crippen LogP contribution in [0.15, 0.2) is 46.6 Å². The van der Waals surface area contributed by atoms with Gasteiger partial charge in [0.2, 0.25) is 5.95 Å². The number of aromatic nitrogens is 3. The molecule has 0 N–H and O–H groups in total. The van der Waals surface area contributed by atoms with Gasteiger partial charge >= 0.3 is 0 Å². The zero-order chi connectivity index (χ0) is 16.7. The molecule has 0 aliphatic carbocycles. The molecular formula is C17H16Cl2N4S. The lowest BCUT2D eigenvalue weighted by molar-refractivity contribution is 0.657. The van der Waals surface area contributed by atoms with Crippen molar-refractivity contribution in [3.8, 4) is 0 Å². The molecule has 1 aliphatic rings. The fraction of sp³-hybridized carbons (Fsp3) is 0.294. The first-order valence-electron chi connectivity index (χ1n) is 7.82. The van der Waals surface area contributed by atoms with Crippen LogP contribution in [-0.4, -0.2) is 27.5 Å². The number of benzene rings is 1. The predicted molar refractivity (Wildman–Crippen MR) is 99.6 cm³/mol. The molecule has 1 aromatic carbocycles. The highest BCUT2D eigenvalue weighted by Crippen LogP contribution is 2.38. The maximum absolute atomic E-state index is 6.31. The van der Waals surface area contributed by atoms with Gasteiger partial charge in [-0.2, -0.15) is 0 Å². The van der Waals surface area contributed by atoms with Crippen LogP contribution < -0.4 is 4.90 Å². The summed E-state index contributed by atoms with van der Waals surface area (Å²) in [6.45, 7) is 4.34. The number of rotatable bonds is 3. The van der Waals surface area contributed by atoms with Crippen molar-refractivity contribution in [2.75, 3.05) is 18.0 Å². The molecule has 0 saturated carbocycles. The number of anilines is 1. The van der Waals surface area contributed by atoms with Gasteiger partial charge < -0.3 is 4.90 Å². The van der Waals surface area contributed by atoms with Gasteiger partial charge in [0.1, 0.15) is 0 Å². The lowest BCUT2D eigenvalue weighted by atomic mass is 10.2. The third-order valence-electron chi connectivity index (χ3n) is 4.22. The Kier molecular flexibility index (Phi) is 4.33. The summed E-state index contributed by atoms with van der Waals surface area (Å²) in [6, 6.07) is 5.63. The average Bonchev–Trinajstić information content (AvgIpc) is 3.21. The van der Waals surface area contributed by atoms with E-state index in [2.05, 4.69) is 21.2 Å². The van der Waals surface area contributed by atoms with Crippen LogP contribution in [0.5, 0.6) is 0 Å². The van der Waals surface area contributed by atoms with Gasteiger partial charge in [-0.25, -0.2) is 9.97 Å². The van der Waals surface area contributed by atoms with E-state index in [1.165, 1.54) is 18.2 Å². The highest BCUT2D eigenvalue weighted by atomic mass is 35.5. The first-order chi connectivity index (χ1) is 11.6. The van der Waals surface area contributed by atoms with Crippen LogP contribution in [0.4, 0.5) is 5.95 Å². The molecule has 1 saturated heterocycles. The maximum atomic E-state index is 6.31. The Balaban J connectivity index is 1.73. The minimum Gasteiger partial charge on any atom is -0.342 e. The molecule has 4 rings (SSSR count). The van der Waals surface area contributed by atoms with Crippen molar-refractivity contribution in [2.45, 2.75) is 23.1 Å². The summed E-state index contributed by atoms with van der Waals surface area (Å²) in [4.78, 5) is 13.4. The molecule has 1 atom stereocenters. The van der Waals surface area contributed by atoms with Crippen molar-refractivity contribution in [3.05, 3.63) is 46.8 Å². The van der Waals surface area contributed by atoms with Gasteiger partial charge in [-0.05, 0) is 24.5 Å². The van der Waals surface area contributed by atoms with Gasteiger partial charge in [-0.15, -0.1) is 0 Å². The third-order valence-corrected chi connectivity index (χ3v) is 6.22. The Morgan fingerprint density at radius 2 is 2.08 bits per heavy atom. The first-order valence-corrected chi connectivity index (χ1v) is 9.39. The maximum Gasteiger partial charge on any atom is 0.211 e. The summed E-state index contributed by atoms with van der Waals surface area (Å²) >= 11 is 14.0. The fourth-order valence-corrected chi connectivity index (χ4v) is 4.39. The van der Waals surface area contributed by atoms with Gasteiger partial charge in [-0.1, -0.05) is 48.0 Å². The van der Waals surface area contributed by atoms with Crippen molar-refractivity contribution in [1.82, 2.24) is 14.4 Å². The van der Waals surface area contributed by atoms with Crippen LogP contribution in [0.25, 0.3) is 5.65 Å². The zero-order valence-corrected chi connectivity index (χ0v) is 15.4. The standard InChI is InChI=1S/C17H16Cl2N4S/c1-11-5-7-22(10-11)17-21-9-14(16-20-6-8-23(16)17)24-13-4-2-3-12(18)15(13)19/h2-4,6,8-9,11H,5,7,10H2,1H3. The molecule has 1 unspecified atom stereocenters. The van der Waals surface area contributed by atoms with E-state index in [0.29, 0.717) is 16.0 Å². The normalized spacial score (nSPS) is 17.8. The van der Waals surface area contributed by atoms with Crippen LogP contribution in [0, 0.1) is 5.92 Å². The average molecular weight is 379 g/mol. The topological polar surface area (TPSA) is 33.4 Å². The summed E-state index contributed by atoms with van der Waals surface area (Å²) in [7, 11) is 0. The summed E-state index contributed by atoms with van der Waals surface area (Å²) in [5, 5.41) is 1.11. The van der Waals surface area contributed by atoms with Crippen molar-refractivity contribution >= 4 is 46.6 Å². The van der Waals surface area contributed by atoms with Gasteiger partial charge in [0.25, 0.3) is 0 Å². The monoisotopic (exact) mass is 378 g/mol. The number of nitrogens with zero attached hydrogens (tertiary/aromatic N) is 4. The lowest BCUT2D eigenvalue weighted by Gasteiger charge is -2.19. The van der Waals surface area contributed by atoms with Gasteiger partial charge in [-0.3, -0.25) is 4.40 Å². The van der Waals surface area contributed by atoms with Crippen molar-refractivity contribution in [1.29, 1.82) is 0 Å². The summed E-state index contributed by atoms with van der Waals surface area (Å²) in [6.07, 6.45) is 6.85. The molecule has 4 nitrogen and oxygen atoms in total. The van der Waals surface area contributed by atoms with E-state index < -0.39 is 0 Å². The minimum absolute atomic E-state index is 0.552. The SMILES string of the molecule is CC1CCN(c2ncc(Sc3cccc(Cl)c3Cl)c3nccn23)C1. The van der Waals surface area contributed by atoms with E-state index in [4.69, 9.17) is 28.2 Å². The minimum atomic E-state index is 0.552. The van der Waals surface area contributed by atoms with Crippen LogP contribution in [0.2, 0.25) is 10.0 Å². The van der Waals surface area contributed by atoms with E-state index in [0.717, 1.165) is 34.5 Å². The van der Waals surface area contributed by atoms with Crippen LogP contribution in [0.1, 0.15) is 13.3 Å². The number of fused-ring (bicyclic) bond motifs is 1. The second-order valence-electron chi connectivity index (χ2n) is 6.04. The second kappa shape index (κ2) is 6.47. The van der Waals surface area contributed by atoms with Crippen LogP contribution in [-0.2, 0) is 0 Å². The van der Waals surface area contributed by atoms with E-state index >= 15 is 0 Å². The van der Waals surface area contributed by atoms with E-state index in [-0.39, 0.29) is 0 Å². The Morgan fingerprint density at radius 1 is 1.21 bits per heavy atom. The molecule has 0 radical (unpaired) electrons. The van der Waals surface area contributed by atoms with Crippen LogP contribution in [0.3, 0.4) is 0 Å². The Hall–Kier alpha value is -1.43. The van der Waals surface area contributed by atoms with Gasteiger partial charge in [0.15, 0.2) is 5.65 Å². The molecule has 2 aromatic heterocycles. The summed E-state index contributed by atoms with van der Waals surface area (Å²) in [5.41, 5.74) is 0.889. The number of halogens is 2. The molecule has 0 amide bonds. The first kappa shape index (κ1) is 16.1. The Morgan fingerprint density at radius 3 is 2.88 bits per heavy atom. The smallest absolute Gasteiger partial charge is 0.211 e. The molecule has 24 heavy (non-hydrogen) atoms. The van der Waals surface area contributed by atoms with E-state index in [9.17, 15) is 0 Å². The Labute approximate surface area is 154 Å². The third kappa shape index (κ3) is 2.85. The molecule has 124 valence electrons. The van der Waals surface area contributed by atoms with Crippen molar-refractivity contribution in [3.63, 3.8) is 0 Å². The summed E-state index contributed by atoms with van der Waals surface area (Å²) < 4.78 is 2.05. The quantitative estimate of drug-likeness (QED) is 0.639. The lowest BCUT2D eigenvalue weighted by Crippen LogP contribution is -2.23. The number of hydrogen-bond donors (Lipinski definition) is 0. The molecule has 7 heteroatoms. The van der Waals surface area contributed by atoms with E-state index in [1.54, 1.807) is 6.07 Å². The molecule has 3 aromatic rings. The van der Waals surface area contributed by atoms with Gasteiger partial charge in [0.05, 0.1) is 14.9 Å².